The zero-order chi connectivity index (χ0) is 13.9. The van der Waals surface area contributed by atoms with Gasteiger partial charge >= 0.3 is 0 Å². The summed E-state index contributed by atoms with van der Waals surface area (Å²) in [5.41, 5.74) is -0.0438. The highest BCUT2D eigenvalue weighted by Gasteiger charge is 2.17. The molecule has 0 saturated carbocycles. The van der Waals surface area contributed by atoms with Gasteiger partial charge in [-0.2, -0.15) is 0 Å². The largest absolute Gasteiger partial charge is 0.591 e. The van der Waals surface area contributed by atoms with Crippen molar-refractivity contribution in [3.8, 4) is 0 Å². The van der Waals surface area contributed by atoms with Crippen LogP contribution in [0.25, 0.3) is 0 Å². The molecule has 0 spiro atoms. The van der Waals surface area contributed by atoms with Crippen LogP contribution in [0.2, 0.25) is 0 Å². The van der Waals surface area contributed by atoms with Crippen molar-refractivity contribution in [1.29, 1.82) is 0 Å². The maximum Gasteiger partial charge on any atom is 0.270 e. The summed E-state index contributed by atoms with van der Waals surface area (Å²) in [5.74, 6) is -0.623. The van der Waals surface area contributed by atoms with E-state index in [4.69, 9.17) is 0 Å². The normalized spacial score (nSPS) is 13.8. The molecule has 0 bridgehead atoms. The van der Waals surface area contributed by atoms with E-state index in [1.807, 2.05) is 0 Å². The molecule has 5 nitrogen and oxygen atoms in total. The molecule has 1 aromatic rings. The van der Waals surface area contributed by atoms with Crippen LogP contribution in [0.3, 0.4) is 0 Å². The van der Waals surface area contributed by atoms with Crippen molar-refractivity contribution in [2.24, 2.45) is 4.40 Å². The van der Waals surface area contributed by atoms with Gasteiger partial charge in [0, 0.05) is 17.7 Å². The summed E-state index contributed by atoms with van der Waals surface area (Å²) in [4.78, 5) is 9.99. The van der Waals surface area contributed by atoms with Crippen molar-refractivity contribution < 1.29 is 13.9 Å². The molecule has 0 amide bonds. The van der Waals surface area contributed by atoms with Gasteiger partial charge in [-0.15, -0.1) is 0 Å². The lowest BCUT2D eigenvalue weighted by Crippen LogP contribution is -2.13. The predicted molar refractivity (Wildman–Crippen MR) is 68.5 cm³/mol. The highest BCUT2D eigenvalue weighted by molar-refractivity contribution is 7.90. The maximum atomic E-state index is 13.5. The number of hydrogen-bond acceptors (Lipinski definition) is 4. The van der Waals surface area contributed by atoms with Crippen molar-refractivity contribution in [3.63, 3.8) is 0 Å². The van der Waals surface area contributed by atoms with E-state index in [1.165, 1.54) is 6.92 Å². The molecule has 0 saturated heterocycles. The number of halogens is 1. The molecule has 0 aliphatic carbocycles. The predicted octanol–water partition coefficient (Wildman–Crippen LogP) is 2.62. The topological polar surface area (TPSA) is 78.6 Å². The van der Waals surface area contributed by atoms with Crippen molar-refractivity contribution in [2.45, 2.75) is 26.0 Å². The van der Waals surface area contributed by atoms with Gasteiger partial charge < -0.3 is 4.55 Å². The van der Waals surface area contributed by atoms with Crippen LogP contribution in [0, 0.1) is 15.9 Å². The lowest BCUT2D eigenvalue weighted by molar-refractivity contribution is -0.384. The quantitative estimate of drug-likeness (QED) is 0.366. The minimum Gasteiger partial charge on any atom is -0.591 e. The van der Waals surface area contributed by atoms with Crippen LogP contribution in [0.5, 0.6) is 0 Å². The molecule has 0 N–H and O–H groups in total. The summed E-state index contributed by atoms with van der Waals surface area (Å²) in [5, 5.41) is 10.4. The first kappa shape index (κ1) is 14.6. The number of non-ortho nitro benzene ring substituents is 1. The van der Waals surface area contributed by atoms with Gasteiger partial charge in [-0.25, -0.2) is 4.39 Å². The number of nitrogens with zero attached hydrogens (tertiary/aromatic N) is 2. The minimum atomic E-state index is -1.48. The zero-order valence-electron chi connectivity index (χ0n) is 10.2. The average Bonchev–Trinajstić information content (AvgIpc) is 2.28. The van der Waals surface area contributed by atoms with Gasteiger partial charge in [-0.05, 0) is 26.8 Å². The summed E-state index contributed by atoms with van der Waals surface area (Å²) < 4.78 is 28.9. The van der Waals surface area contributed by atoms with E-state index >= 15 is 0 Å². The van der Waals surface area contributed by atoms with Gasteiger partial charge in [0.25, 0.3) is 5.69 Å². The molecule has 0 radical (unpaired) electrons. The van der Waals surface area contributed by atoms with Crippen LogP contribution in [0.15, 0.2) is 22.6 Å². The highest BCUT2D eigenvalue weighted by Crippen LogP contribution is 2.18. The fraction of sp³-hybridized carbons (Fsp3) is 0.364. The third-order valence-corrected chi connectivity index (χ3v) is 3.44. The molecule has 18 heavy (non-hydrogen) atoms. The molecule has 0 aromatic heterocycles. The van der Waals surface area contributed by atoms with Gasteiger partial charge in [0.05, 0.1) is 22.0 Å². The van der Waals surface area contributed by atoms with Crippen molar-refractivity contribution in [1.82, 2.24) is 0 Å². The Balaban J connectivity index is 3.15. The molecule has 1 unspecified atom stereocenters. The Kier molecular flexibility index (Phi) is 4.80. The van der Waals surface area contributed by atoms with Crippen LogP contribution in [-0.4, -0.2) is 20.4 Å². The van der Waals surface area contributed by atoms with Crippen LogP contribution >= 0.6 is 0 Å². The summed E-state index contributed by atoms with van der Waals surface area (Å²) in [6.07, 6.45) is 0. The highest BCUT2D eigenvalue weighted by atomic mass is 32.2. The summed E-state index contributed by atoms with van der Waals surface area (Å²) in [6.45, 7) is 4.91. The smallest absolute Gasteiger partial charge is 0.270 e. The number of rotatable bonds is 4. The van der Waals surface area contributed by atoms with E-state index in [2.05, 4.69) is 4.40 Å². The van der Waals surface area contributed by atoms with Gasteiger partial charge in [-0.3, -0.25) is 10.1 Å². The standard InChI is InChI=1S/C11H13FN2O3S/c1-7(2)18(17)13-8(3)10-6-9(14(15)16)4-5-11(10)12/h4-7H,1-3H3. The third kappa shape index (κ3) is 3.51. The van der Waals surface area contributed by atoms with Crippen LogP contribution < -0.4 is 0 Å². The van der Waals surface area contributed by atoms with Gasteiger partial charge in [0.1, 0.15) is 11.1 Å². The Hall–Kier alpha value is -1.47. The number of benzene rings is 1. The minimum absolute atomic E-state index is 0.00167. The molecule has 1 atom stereocenters. The molecular formula is C11H13FN2O3S. The van der Waals surface area contributed by atoms with Crippen molar-refractivity contribution in [2.75, 3.05) is 0 Å². The Morgan fingerprint density at radius 3 is 2.61 bits per heavy atom. The van der Waals surface area contributed by atoms with E-state index in [0.717, 1.165) is 18.2 Å². The first-order valence-electron chi connectivity index (χ1n) is 5.23. The molecule has 0 aliphatic rings. The van der Waals surface area contributed by atoms with E-state index in [-0.39, 0.29) is 22.2 Å². The monoisotopic (exact) mass is 272 g/mol. The SMILES string of the molecule is CC(=N[S+]([O-])C(C)C)c1cc([N+](=O)[O-])ccc1F. The molecular weight excluding hydrogens is 259 g/mol. The maximum absolute atomic E-state index is 13.5. The Bertz CT molecular complexity index is 491. The first-order chi connectivity index (χ1) is 8.32. The summed E-state index contributed by atoms with van der Waals surface area (Å²) in [7, 11) is 0. The Labute approximate surface area is 107 Å². The Morgan fingerprint density at radius 2 is 2.11 bits per heavy atom. The second-order valence-electron chi connectivity index (χ2n) is 3.92. The molecule has 1 aromatic carbocycles. The summed E-state index contributed by atoms with van der Waals surface area (Å²) >= 11 is -1.48. The second-order valence-corrected chi connectivity index (χ2v) is 5.60. The molecule has 0 heterocycles. The van der Waals surface area contributed by atoms with Gasteiger partial charge in [0.15, 0.2) is 0 Å². The average molecular weight is 272 g/mol. The van der Waals surface area contributed by atoms with E-state index in [0.29, 0.717) is 0 Å². The van der Waals surface area contributed by atoms with E-state index in [1.54, 1.807) is 13.8 Å². The molecule has 98 valence electrons. The van der Waals surface area contributed by atoms with Crippen LogP contribution in [-0.2, 0) is 11.4 Å². The lowest BCUT2D eigenvalue weighted by atomic mass is 10.1. The molecule has 0 fully saturated rings. The first-order valence-corrected chi connectivity index (χ1v) is 6.40. The van der Waals surface area contributed by atoms with E-state index < -0.39 is 22.1 Å². The number of nitro groups is 1. The fourth-order valence-corrected chi connectivity index (χ4v) is 1.77. The zero-order valence-corrected chi connectivity index (χ0v) is 11.0. The van der Waals surface area contributed by atoms with Crippen LogP contribution in [0.4, 0.5) is 10.1 Å². The lowest BCUT2D eigenvalue weighted by Gasteiger charge is -2.08. The van der Waals surface area contributed by atoms with Crippen molar-refractivity contribution >= 4 is 22.8 Å². The van der Waals surface area contributed by atoms with Gasteiger partial charge in [-0.1, -0.05) is 4.40 Å². The second kappa shape index (κ2) is 5.92. The number of nitro benzene ring substituents is 1. The molecule has 7 heteroatoms. The van der Waals surface area contributed by atoms with Gasteiger partial charge in [0.2, 0.25) is 0 Å². The summed E-state index contributed by atoms with van der Waals surface area (Å²) in [6, 6.07) is 3.17. The third-order valence-electron chi connectivity index (χ3n) is 2.18. The molecule has 1 rings (SSSR count). The van der Waals surface area contributed by atoms with Crippen molar-refractivity contribution in [3.05, 3.63) is 39.7 Å². The Morgan fingerprint density at radius 1 is 1.50 bits per heavy atom. The fourth-order valence-electron chi connectivity index (χ4n) is 1.19. The molecule has 0 aliphatic heterocycles. The van der Waals surface area contributed by atoms with E-state index in [9.17, 15) is 19.1 Å². The number of hydrogen-bond donors (Lipinski definition) is 0. The van der Waals surface area contributed by atoms with Crippen LogP contribution in [0.1, 0.15) is 26.3 Å².